The highest BCUT2D eigenvalue weighted by Crippen LogP contribution is 2.22. The molecule has 4 rings (SSSR count). The molecule has 0 radical (unpaired) electrons. The molecule has 134 valence electrons. The van der Waals surface area contributed by atoms with Gasteiger partial charge in [0.25, 0.3) is 5.91 Å². The predicted octanol–water partition coefficient (Wildman–Crippen LogP) is 3.81. The van der Waals surface area contributed by atoms with Gasteiger partial charge in [-0.25, -0.2) is 4.68 Å². The third-order valence-corrected chi connectivity index (χ3v) is 4.44. The van der Waals surface area contributed by atoms with Crippen LogP contribution in [0.5, 0.6) is 0 Å². The molecule has 5 heteroatoms. The van der Waals surface area contributed by atoms with Crippen molar-refractivity contribution < 1.29 is 4.79 Å². The molecule has 0 bridgehead atoms. The van der Waals surface area contributed by atoms with Gasteiger partial charge in [-0.15, -0.1) is 0 Å². The van der Waals surface area contributed by atoms with E-state index in [1.807, 2.05) is 96.7 Å². The van der Waals surface area contributed by atoms with Crippen LogP contribution >= 0.6 is 0 Å². The molecule has 2 aromatic heterocycles. The molecule has 0 saturated heterocycles. The van der Waals surface area contributed by atoms with Crippen molar-refractivity contribution in [3.05, 3.63) is 96.3 Å². The fourth-order valence-electron chi connectivity index (χ4n) is 3.03. The van der Waals surface area contributed by atoms with Crippen molar-refractivity contribution in [2.75, 3.05) is 0 Å². The first kappa shape index (κ1) is 16.8. The fourth-order valence-corrected chi connectivity index (χ4v) is 3.03. The largest absolute Gasteiger partial charge is 0.349 e. The van der Waals surface area contributed by atoms with E-state index in [-0.39, 0.29) is 5.91 Å². The Labute approximate surface area is 157 Å². The summed E-state index contributed by atoms with van der Waals surface area (Å²) in [4.78, 5) is 12.9. The van der Waals surface area contributed by atoms with Gasteiger partial charge in [0.1, 0.15) is 11.4 Å². The Kier molecular flexibility index (Phi) is 4.58. The lowest BCUT2D eigenvalue weighted by Crippen LogP contribution is -2.25. The topological polar surface area (TPSA) is 51.9 Å². The monoisotopic (exact) mass is 356 g/mol. The van der Waals surface area contributed by atoms with Crippen LogP contribution in [0.25, 0.3) is 17.1 Å². The van der Waals surface area contributed by atoms with E-state index in [2.05, 4.69) is 5.32 Å². The van der Waals surface area contributed by atoms with Crippen LogP contribution in [0.1, 0.15) is 16.1 Å². The zero-order valence-electron chi connectivity index (χ0n) is 15.0. The van der Waals surface area contributed by atoms with E-state index in [1.54, 1.807) is 4.68 Å². The van der Waals surface area contributed by atoms with Gasteiger partial charge in [-0.3, -0.25) is 4.79 Å². The number of hydrogen-bond acceptors (Lipinski definition) is 2. The van der Waals surface area contributed by atoms with Crippen molar-refractivity contribution in [1.82, 2.24) is 19.7 Å². The van der Waals surface area contributed by atoms with E-state index in [0.717, 1.165) is 22.6 Å². The number of carbonyl (C=O) groups excluding carboxylic acids is 1. The molecule has 1 N–H and O–H groups in total. The van der Waals surface area contributed by atoms with Gasteiger partial charge in [0.15, 0.2) is 0 Å². The predicted molar refractivity (Wildman–Crippen MR) is 106 cm³/mol. The highest BCUT2D eigenvalue weighted by atomic mass is 16.2. The third-order valence-electron chi connectivity index (χ3n) is 4.44. The van der Waals surface area contributed by atoms with Crippen molar-refractivity contribution in [2.24, 2.45) is 7.05 Å². The Bertz CT molecular complexity index is 1050. The molecule has 0 aliphatic heterocycles. The summed E-state index contributed by atoms with van der Waals surface area (Å²) in [5.74, 6) is -0.157. The molecule has 1 amide bonds. The van der Waals surface area contributed by atoms with Crippen molar-refractivity contribution in [2.45, 2.75) is 6.54 Å². The zero-order chi connectivity index (χ0) is 18.6. The average molecular weight is 356 g/mol. The molecule has 2 heterocycles. The van der Waals surface area contributed by atoms with E-state index < -0.39 is 0 Å². The second kappa shape index (κ2) is 7.33. The zero-order valence-corrected chi connectivity index (χ0v) is 15.0. The second-order valence-electron chi connectivity index (χ2n) is 6.33. The van der Waals surface area contributed by atoms with E-state index in [9.17, 15) is 4.79 Å². The Morgan fingerprint density at radius 1 is 0.963 bits per heavy atom. The fraction of sp³-hybridized carbons (Fsp3) is 0.0909. The Morgan fingerprint density at radius 3 is 2.33 bits per heavy atom. The Morgan fingerprint density at radius 2 is 1.67 bits per heavy atom. The van der Waals surface area contributed by atoms with Gasteiger partial charge in [-0.1, -0.05) is 48.5 Å². The number of para-hydroxylation sites is 1. The minimum atomic E-state index is -0.157. The van der Waals surface area contributed by atoms with Crippen LogP contribution in [-0.4, -0.2) is 20.3 Å². The average Bonchev–Trinajstić information content (AvgIpc) is 3.34. The number of carbonyl (C=O) groups is 1. The molecule has 0 aliphatic rings. The Balaban J connectivity index is 1.68. The van der Waals surface area contributed by atoms with Gasteiger partial charge >= 0.3 is 0 Å². The molecule has 0 unspecified atom stereocenters. The summed E-state index contributed by atoms with van der Waals surface area (Å²) in [7, 11) is 1.96. The van der Waals surface area contributed by atoms with Crippen LogP contribution in [0.4, 0.5) is 0 Å². The molecule has 0 atom stereocenters. The molecule has 0 aliphatic carbocycles. The molecule has 0 fully saturated rings. The molecule has 0 saturated carbocycles. The number of rotatable bonds is 5. The first-order chi connectivity index (χ1) is 13.2. The Hall–Kier alpha value is -3.60. The summed E-state index contributed by atoms with van der Waals surface area (Å²) in [6.45, 7) is 0.471. The minimum Gasteiger partial charge on any atom is -0.349 e. The number of nitrogens with zero attached hydrogens (tertiary/aromatic N) is 3. The SMILES string of the molecule is Cn1cccc1-c1cc(C(=O)NCc2ccccc2)n(-c2ccccc2)n1. The third kappa shape index (κ3) is 3.53. The maximum absolute atomic E-state index is 12.9. The van der Waals surface area contributed by atoms with Crippen molar-refractivity contribution in [3.8, 4) is 17.1 Å². The number of nitrogens with one attached hydrogen (secondary N) is 1. The molecule has 5 nitrogen and oxygen atoms in total. The number of amides is 1. The molecular weight excluding hydrogens is 336 g/mol. The lowest BCUT2D eigenvalue weighted by atomic mass is 10.2. The first-order valence-electron chi connectivity index (χ1n) is 8.82. The smallest absolute Gasteiger partial charge is 0.270 e. The highest BCUT2D eigenvalue weighted by Gasteiger charge is 2.18. The van der Waals surface area contributed by atoms with E-state index in [4.69, 9.17) is 5.10 Å². The molecule has 27 heavy (non-hydrogen) atoms. The molecule has 2 aromatic carbocycles. The van der Waals surface area contributed by atoms with Crippen LogP contribution in [-0.2, 0) is 13.6 Å². The summed E-state index contributed by atoms with van der Waals surface area (Å²) in [5.41, 5.74) is 4.13. The van der Waals surface area contributed by atoms with Gasteiger partial charge in [-0.2, -0.15) is 5.10 Å². The number of aryl methyl sites for hydroxylation is 1. The normalized spacial score (nSPS) is 10.7. The maximum Gasteiger partial charge on any atom is 0.270 e. The number of aromatic nitrogens is 3. The van der Waals surface area contributed by atoms with Crippen LogP contribution in [0.15, 0.2) is 85.1 Å². The van der Waals surface area contributed by atoms with Crippen LogP contribution in [0.2, 0.25) is 0 Å². The summed E-state index contributed by atoms with van der Waals surface area (Å²) < 4.78 is 3.69. The number of benzene rings is 2. The summed E-state index contributed by atoms with van der Waals surface area (Å²) >= 11 is 0. The van der Waals surface area contributed by atoms with Gasteiger partial charge in [0.05, 0.1) is 11.4 Å². The van der Waals surface area contributed by atoms with Crippen LogP contribution in [0, 0.1) is 0 Å². The molecular formula is C22H20N4O. The number of hydrogen-bond donors (Lipinski definition) is 1. The standard InChI is InChI=1S/C22H20N4O/c1-25-14-8-13-20(25)19-15-21(26(24-19)18-11-6-3-7-12-18)22(27)23-16-17-9-4-2-5-10-17/h2-15H,16H2,1H3,(H,23,27). The van der Waals surface area contributed by atoms with Gasteiger partial charge in [-0.05, 0) is 35.9 Å². The summed E-state index contributed by atoms with van der Waals surface area (Å²) in [6.07, 6.45) is 1.96. The molecule has 0 spiro atoms. The van der Waals surface area contributed by atoms with Crippen molar-refractivity contribution in [3.63, 3.8) is 0 Å². The van der Waals surface area contributed by atoms with E-state index >= 15 is 0 Å². The van der Waals surface area contributed by atoms with Crippen molar-refractivity contribution in [1.29, 1.82) is 0 Å². The molecule has 4 aromatic rings. The van der Waals surface area contributed by atoms with Gasteiger partial charge < -0.3 is 9.88 Å². The van der Waals surface area contributed by atoms with E-state index in [0.29, 0.717) is 12.2 Å². The second-order valence-corrected chi connectivity index (χ2v) is 6.33. The summed E-state index contributed by atoms with van der Waals surface area (Å²) in [6, 6.07) is 25.3. The summed E-state index contributed by atoms with van der Waals surface area (Å²) in [5, 5.41) is 7.69. The van der Waals surface area contributed by atoms with Gasteiger partial charge in [0, 0.05) is 19.8 Å². The maximum atomic E-state index is 12.9. The minimum absolute atomic E-state index is 0.157. The first-order valence-corrected chi connectivity index (χ1v) is 8.82. The lowest BCUT2D eigenvalue weighted by molar-refractivity contribution is 0.0943. The quantitative estimate of drug-likeness (QED) is 0.591. The van der Waals surface area contributed by atoms with Crippen molar-refractivity contribution >= 4 is 5.91 Å². The van der Waals surface area contributed by atoms with Gasteiger partial charge in [0.2, 0.25) is 0 Å². The highest BCUT2D eigenvalue weighted by molar-refractivity contribution is 5.94. The van der Waals surface area contributed by atoms with Crippen LogP contribution < -0.4 is 5.32 Å². The van der Waals surface area contributed by atoms with E-state index in [1.165, 1.54) is 0 Å². The van der Waals surface area contributed by atoms with Crippen LogP contribution in [0.3, 0.4) is 0 Å². The lowest BCUT2D eigenvalue weighted by Gasteiger charge is -2.08.